The number of carbonyl (C=O) groups is 2. The van der Waals surface area contributed by atoms with Crippen LogP contribution in [-0.2, 0) is 4.79 Å². The Morgan fingerprint density at radius 2 is 2.09 bits per heavy atom. The van der Waals surface area contributed by atoms with Crippen molar-refractivity contribution in [2.45, 2.75) is 18.9 Å². The first kappa shape index (κ1) is 21.8. The third-order valence-corrected chi connectivity index (χ3v) is 6.53. The van der Waals surface area contributed by atoms with Crippen LogP contribution in [0.2, 0.25) is 0 Å². The normalized spacial score (nSPS) is 19.8. The molecule has 0 saturated carbocycles. The van der Waals surface area contributed by atoms with Crippen LogP contribution in [-0.4, -0.2) is 48.7 Å². The van der Waals surface area contributed by atoms with Crippen LogP contribution in [0.4, 0.5) is 0 Å². The van der Waals surface area contributed by atoms with Gasteiger partial charge in [0.15, 0.2) is 5.76 Å². The molecule has 1 N–H and O–H groups in total. The van der Waals surface area contributed by atoms with E-state index < -0.39 is 17.7 Å². The number of aliphatic hydroxyl groups excluding tert-OH is 1. The van der Waals surface area contributed by atoms with Gasteiger partial charge in [-0.2, -0.15) is 0 Å². The first-order valence-electron chi connectivity index (χ1n) is 10.3. The van der Waals surface area contributed by atoms with Gasteiger partial charge in [0, 0.05) is 36.5 Å². The number of Topliss-reactive ketones (excluding diaryl/α,β-unsaturated/α-hetero) is 1. The molecule has 4 rings (SSSR count). The molecule has 1 aromatic carbocycles. The largest absolute Gasteiger partial charge is 0.503 e. The quantitative estimate of drug-likeness (QED) is 0.572. The second-order valence-corrected chi connectivity index (χ2v) is 8.47. The molecule has 0 aliphatic carbocycles. The Labute approximate surface area is 190 Å². The molecule has 1 amide bonds. The van der Waals surface area contributed by atoms with E-state index in [1.165, 1.54) is 18.4 Å². The highest BCUT2D eigenvalue weighted by Crippen LogP contribution is 2.43. The summed E-state index contributed by atoms with van der Waals surface area (Å²) in [5.41, 5.74) is 0.691. The molecule has 2 aromatic rings. The maximum atomic E-state index is 13.3. The fourth-order valence-electron chi connectivity index (χ4n) is 4.06. The van der Waals surface area contributed by atoms with E-state index in [9.17, 15) is 14.7 Å². The number of carbonyl (C=O) groups excluding carboxylic acids is 2. The number of aliphatic hydroxyl groups is 1. The second kappa shape index (κ2) is 9.40. The van der Waals surface area contributed by atoms with Crippen molar-refractivity contribution in [1.82, 2.24) is 4.90 Å². The molecular formula is C24H24N2O5S. The Hall–Kier alpha value is -3.39. The minimum atomic E-state index is -0.759. The van der Waals surface area contributed by atoms with Crippen molar-refractivity contribution >= 4 is 29.2 Å². The van der Waals surface area contributed by atoms with Gasteiger partial charge in [-0.05, 0) is 36.4 Å². The average Bonchev–Trinajstić information content (AvgIpc) is 3.57. The standard InChI is InChI=1S/C24H24N2O5S/c1-30-16-7-8-17(18(13-16)31-2)21-20(22(27)19-6-4-12-32-19)23(28)24(29)26(21)11-3-5-15-9-10-25-14-15/h4,6-10,12-15,21,28H,3,5,11H2,1-2H3. The lowest BCUT2D eigenvalue weighted by molar-refractivity contribution is -0.129. The van der Waals surface area contributed by atoms with Crippen LogP contribution in [0.15, 0.2) is 64.3 Å². The number of hydrogen-bond donors (Lipinski definition) is 1. The van der Waals surface area contributed by atoms with E-state index >= 15 is 0 Å². The topological polar surface area (TPSA) is 88.4 Å². The predicted octanol–water partition coefficient (Wildman–Crippen LogP) is 4.34. The number of ether oxygens (including phenoxy) is 2. The minimum Gasteiger partial charge on any atom is -0.503 e. The molecule has 2 aliphatic heterocycles. The monoisotopic (exact) mass is 452 g/mol. The molecular weight excluding hydrogens is 428 g/mol. The molecule has 2 atom stereocenters. The molecule has 3 heterocycles. The maximum absolute atomic E-state index is 13.3. The van der Waals surface area contributed by atoms with Gasteiger partial charge in [-0.15, -0.1) is 11.3 Å². The van der Waals surface area contributed by atoms with Gasteiger partial charge in [-0.1, -0.05) is 12.1 Å². The lowest BCUT2D eigenvalue weighted by Gasteiger charge is -2.28. The Morgan fingerprint density at radius 1 is 1.25 bits per heavy atom. The van der Waals surface area contributed by atoms with Gasteiger partial charge in [-0.3, -0.25) is 14.6 Å². The molecule has 2 unspecified atom stereocenters. The van der Waals surface area contributed by atoms with Gasteiger partial charge in [0.2, 0.25) is 5.78 Å². The first-order valence-corrected chi connectivity index (χ1v) is 11.2. The zero-order valence-corrected chi connectivity index (χ0v) is 18.7. The van der Waals surface area contributed by atoms with Crippen molar-refractivity contribution in [3.8, 4) is 11.5 Å². The predicted molar refractivity (Wildman–Crippen MR) is 123 cm³/mol. The summed E-state index contributed by atoms with van der Waals surface area (Å²) in [4.78, 5) is 32.5. The van der Waals surface area contributed by atoms with Crippen LogP contribution in [0.3, 0.4) is 0 Å². The lowest BCUT2D eigenvalue weighted by Crippen LogP contribution is -2.32. The summed E-state index contributed by atoms with van der Waals surface area (Å²) in [7, 11) is 3.08. The summed E-state index contributed by atoms with van der Waals surface area (Å²) in [6.07, 6.45) is 7.15. The van der Waals surface area contributed by atoms with Crippen LogP contribution >= 0.6 is 11.3 Å². The lowest BCUT2D eigenvalue weighted by atomic mass is 9.94. The van der Waals surface area contributed by atoms with E-state index in [0.29, 0.717) is 34.9 Å². The Balaban J connectivity index is 1.71. The number of allylic oxidation sites excluding steroid dienone is 1. The molecule has 0 fully saturated rings. The molecule has 1 aromatic heterocycles. The molecule has 2 aliphatic rings. The third-order valence-electron chi connectivity index (χ3n) is 5.66. The number of rotatable bonds is 9. The highest BCUT2D eigenvalue weighted by Gasteiger charge is 2.44. The fourth-order valence-corrected chi connectivity index (χ4v) is 4.74. The van der Waals surface area contributed by atoms with Crippen molar-refractivity contribution in [2.75, 3.05) is 20.8 Å². The van der Waals surface area contributed by atoms with E-state index in [2.05, 4.69) is 4.99 Å². The number of ketones is 1. The van der Waals surface area contributed by atoms with Crippen LogP contribution in [0, 0.1) is 5.92 Å². The smallest absolute Gasteiger partial charge is 0.290 e. The van der Waals surface area contributed by atoms with Gasteiger partial charge in [0.05, 0.1) is 30.7 Å². The highest BCUT2D eigenvalue weighted by atomic mass is 32.1. The highest BCUT2D eigenvalue weighted by molar-refractivity contribution is 7.12. The SMILES string of the molecule is COc1ccc(C2C(C(=O)c3cccs3)=C(O)C(=O)N2CCCC2C=CN=C2)c(OC)c1. The summed E-state index contributed by atoms with van der Waals surface area (Å²) in [5.74, 6) is -0.119. The van der Waals surface area contributed by atoms with Crippen LogP contribution < -0.4 is 9.47 Å². The minimum absolute atomic E-state index is 0.0724. The third kappa shape index (κ3) is 4.05. The molecule has 0 radical (unpaired) electrons. The number of nitrogens with zero attached hydrogens (tertiary/aromatic N) is 2. The summed E-state index contributed by atoms with van der Waals surface area (Å²) < 4.78 is 10.9. The zero-order chi connectivity index (χ0) is 22.7. The molecule has 8 heteroatoms. The molecule has 0 spiro atoms. The Morgan fingerprint density at radius 3 is 2.75 bits per heavy atom. The Bertz CT molecular complexity index is 1090. The van der Waals surface area contributed by atoms with Gasteiger partial charge >= 0.3 is 0 Å². The Kier molecular flexibility index (Phi) is 6.41. The van der Waals surface area contributed by atoms with Gasteiger partial charge in [-0.25, -0.2) is 0 Å². The van der Waals surface area contributed by atoms with Crippen molar-refractivity contribution in [1.29, 1.82) is 0 Å². The average molecular weight is 453 g/mol. The van der Waals surface area contributed by atoms with Crippen LogP contribution in [0.1, 0.15) is 34.1 Å². The number of amides is 1. The van der Waals surface area contributed by atoms with Crippen molar-refractivity contribution < 1.29 is 24.2 Å². The van der Waals surface area contributed by atoms with Gasteiger partial charge in [0.25, 0.3) is 5.91 Å². The van der Waals surface area contributed by atoms with Crippen molar-refractivity contribution in [3.63, 3.8) is 0 Å². The molecule has 7 nitrogen and oxygen atoms in total. The van der Waals surface area contributed by atoms with Crippen molar-refractivity contribution in [3.05, 3.63) is 69.8 Å². The van der Waals surface area contributed by atoms with E-state index in [4.69, 9.17) is 9.47 Å². The summed E-state index contributed by atoms with van der Waals surface area (Å²) in [6, 6.07) is 7.93. The van der Waals surface area contributed by atoms with E-state index in [-0.39, 0.29) is 17.3 Å². The number of thiophene rings is 1. The second-order valence-electron chi connectivity index (χ2n) is 7.52. The molecule has 0 saturated heterocycles. The van der Waals surface area contributed by atoms with Gasteiger partial charge in [0.1, 0.15) is 11.5 Å². The molecule has 166 valence electrons. The number of methoxy groups -OCH3 is 2. The van der Waals surface area contributed by atoms with Crippen LogP contribution in [0.25, 0.3) is 0 Å². The zero-order valence-electron chi connectivity index (χ0n) is 17.9. The van der Waals surface area contributed by atoms with E-state index in [1.54, 1.807) is 53.9 Å². The number of benzene rings is 1. The van der Waals surface area contributed by atoms with Gasteiger partial charge < -0.3 is 19.5 Å². The summed E-state index contributed by atoms with van der Waals surface area (Å²) in [6.45, 7) is 0.377. The maximum Gasteiger partial charge on any atom is 0.290 e. The summed E-state index contributed by atoms with van der Waals surface area (Å²) in [5, 5.41) is 12.6. The number of hydrogen-bond acceptors (Lipinski definition) is 7. The number of aliphatic imine (C=N–C) groups is 1. The molecule has 0 bridgehead atoms. The fraction of sp³-hybridized carbons (Fsp3) is 0.292. The molecule has 32 heavy (non-hydrogen) atoms. The van der Waals surface area contributed by atoms with E-state index in [1.807, 2.05) is 12.3 Å². The van der Waals surface area contributed by atoms with Crippen LogP contribution in [0.5, 0.6) is 11.5 Å². The summed E-state index contributed by atoms with van der Waals surface area (Å²) >= 11 is 1.27. The first-order chi connectivity index (χ1) is 15.5. The van der Waals surface area contributed by atoms with E-state index in [0.717, 1.165) is 6.42 Å². The van der Waals surface area contributed by atoms with Crippen molar-refractivity contribution in [2.24, 2.45) is 10.9 Å².